The van der Waals surface area contributed by atoms with Crippen LogP contribution in [0.1, 0.15) is 111 Å². The molecule has 0 aliphatic rings. The van der Waals surface area contributed by atoms with Crippen molar-refractivity contribution in [2.24, 2.45) is 5.41 Å². The van der Waals surface area contributed by atoms with E-state index in [9.17, 15) is 4.79 Å². The largest absolute Gasteiger partial charge is 0.287 e. The summed E-state index contributed by atoms with van der Waals surface area (Å²) < 4.78 is 0. The number of hydrogen-bond donors (Lipinski definition) is 1. The van der Waals surface area contributed by atoms with Gasteiger partial charge in [-0.1, -0.05) is 97.8 Å². The molecule has 0 fully saturated rings. The molecule has 0 saturated heterocycles. The van der Waals surface area contributed by atoms with Crippen LogP contribution in [-0.2, 0) is 4.79 Å². The van der Waals surface area contributed by atoms with Gasteiger partial charge in [-0.05, 0) is 12.8 Å². The molecular formula is C19H38OS. The van der Waals surface area contributed by atoms with E-state index in [1.807, 2.05) is 0 Å². The third kappa shape index (κ3) is 11.3. The fraction of sp³-hybridized carbons (Fsp3) is 0.947. The second-order valence-electron chi connectivity index (χ2n) is 6.90. The van der Waals surface area contributed by atoms with Gasteiger partial charge < -0.3 is 0 Å². The van der Waals surface area contributed by atoms with Gasteiger partial charge in [0.05, 0.1) is 0 Å². The van der Waals surface area contributed by atoms with Crippen LogP contribution in [0.5, 0.6) is 0 Å². The molecule has 0 unspecified atom stereocenters. The Morgan fingerprint density at radius 3 is 1.38 bits per heavy atom. The monoisotopic (exact) mass is 314 g/mol. The lowest BCUT2D eigenvalue weighted by atomic mass is 9.81. The molecule has 0 aromatic rings. The molecule has 0 N–H and O–H groups in total. The summed E-state index contributed by atoms with van der Waals surface area (Å²) in [6.07, 6.45) is 17.6. The Kier molecular flexibility index (Phi) is 13.7. The molecule has 0 aliphatic heterocycles. The van der Waals surface area contributed by atoms with E-state index in [0.717, 1.165) is 12.8 Å². The lowest BCUT2D eigenvalue weighted by Gasteiger charge is -2.26. The predicted octanol–water partition coefficient (Wildman–Crippen LogP) is 6.95. The highest BCUT2D eigenvalue weighted by molar-refractivity contribution is 7.96. The van der Waals surface area contributed by atoms with Crippen molar-refractivity contribution in [3.8, 4) is 0 Å². The van der Waals surface area contributed by atoms with Crippen molar-refractivity contribution in [1.82, 2.24) is 0 Å². The van der Waals surface area contributed by atoms with Gasteiger partial charge >= 0.3 is 0 Å². The molecule has 0 atom stereocenters. The third-order valence-electron chi connectivity index (χ3n) is 4.68. The van der Waals surface area contributed by atoms with Crippen molar-refractivity contribution >= 4 is 17.7 Å². The third-order valence-corrected chi connectivity index (χ3v) is 5.22. The van der Waals surface area contributed by atoms with E-state index >= 15 is 0 Å². The minimum absolute atomic E-state index is 0.101. The van der Waals surface area contributed by atoms with Crippen LogP contribution in [-0.4, -0.2) is 5.12 Å². The van der Waals surface area contributed by atoms with Crippen molar-refractivity contribution in [2.75, 3.05) is 0 Å². The van der Waals surface area contributed by atoms with Gasteiger partial charge in [0, 0.05) is 5.41 Å². The Morgan fingerprint density at radius 2 is 1.05 bits per heavy atom. The zero-order valence-corrected chi connectivity index (χ0v) is 15.6. The summed E-state index contributed by atoms with van der Waals surface area (Å²) in [5.74, 6) is 0. The van der Waals surface area contributed by atoms with Crippen LogP contribution in [0, 0.1) is 5.41 Å². The summed E-state index contributed by atoms with van der Waals surface area (Å²) >= 11 is 4.16. The Morgan fingerprint density at radius 1 is 0.714 bits per heavy atom. The quantitative estimate of drug-likeness (QED) is 0.255. The van der Waals surface area contributed by atoms with Crippen molar-refractivity contribution < 1.29 is 4.79 Å². The fourth-order valence-corrected chi connectivity index (χ4v) is 3.15. The van der Waals surface area contributed by atoms with Gasteiger partial charge in [-0.2, -0.15) is 0 Å². The number of thiol groups is 1. The predicted molar refractivity (Wildman–Crippen MR) is 98.1 cm³/mol. The molecule has 21 heavy (non-hydrogen) atoms. The molecule has 0 spiro atoms. The van der Waals surface area contributed by atoms with Crippen LogP contribution in [0.4, 0.5) is 0 Å². The average molecular weight is 315 g/mol. The standard InChI is InChI=1S/C19H38OS/c1-4-6-8-10-12-14-16-19(3,18(20)21)17-15-13-11-9-7-5-2/h4-17H2,1-3H3,(H,20,21). The van der Waals surface area contributed by atoms with E-state index in [0.29, 0.717) is 0 Å². The number of carbonyl (C=O) groups excluding carboxylic acids is 1. The molecule has 1 nitrogen and oxygen atoms in total. The van der Waals surface area contributed by atoms with E-state index < -0.39 is 0 Å². The molecule has 2 heteroatoms. The zero-order valence-electron chi connectivity index (χ0n) is 14.8. The fourth-order valence-electron chi connectivity index (χ4n) is 2.93. The van der Waals surface area contributed by atoms with Crippen LogP contribution in [0.25, 0.3) is 0 Å². The molecule has 0 saturated carbocycles. The Bertz CT molecular complexity index is 234. The maximum atomic E-state index is 11.9. The van der Waals surface area contributed by atoms with E-state index in [1.54, 1.807) is 0 Å². The Labute approximate surface area is 139 Å². The Balaban J connectivity index is 3.82. The highest BCUT2D eigenvalue weighted by Gasteiger charge is 2.29. The highest BCUT2D eigenvalue weighted by atomic mass is 32.1. The van der Waals surface area contributed by atoms with Crippen LogP contribution in [0.15, 0.2) is 0 Å². The van der Waals surface area contributed by atoms with Crippen LogP contribution >= 0.6 is 12.6 Å². The number of carbonyl (C=O) groups is 1. The van der Waals surface area contributed by atoms with E-state index in [-0.39, 0.29) is 10.5 Å². The van der Waals surface area contributed by atoms with Crippen LogP contribution in [0.2, 0.25) is 0 Å². The topological polar surface area (TPSA) is 17.1 Å². The van der Waals surface area contributed by atoms with Gasteiger partial charge in [0.1, 0.15) is 0 Å². The minimum Gasteiger partial charge on any atom is -0.287 e. The minimum atomic E-state index is -0.182. The van der Waals surface area contributed by atoms with E-state index in [4.69, 9.17) is 0 Å². The highest BCUT2D eigenvalue weighted by Crippen LogP contribution is 2.33. The summed E-state index contributed by atoms with van der Waals surface area (Å²) in [7, 11) is 0. The van der Waals surface area contributed by atoms with Crippen molar-refractivity contribution in [3.63, 3.8) is 0 Å². The van der Waals surface area contributed by atoms with Crippen molar-refractivity contribution in [2.45, 2.75) is 111 Å². The first-order chi connectivity index (χ1) is 10.1. The lowest BCUT2D eigenvalue weighted by molar-refractivity contribution is -0.119. The number of hydrogen-bond acceptors (Lipinski definition) is 1. The van der Waals surface area contributed by atoms with Crippen LogP contribution in [0.3, 0.4) is 0 Å². The Hall–Kier alpha value is 0.0200. The normalized spacial score (nSPS) is 11.8. The molecule has 0 bridgehead atoms. The second-order valence-corrected chi connectivity index (χ2v) is 7.31. The van der Waals surface area contributed by atoms with Crippen LogP contribution < -0.4 is 0 Å². The van der Waals surface area contributed by atoms with Gasteiger partial charge in [-0.25, -0.2) is 0 Å². The van der Waals surface area contributed by atoms with Gasteiger partial charge in [0.15, 0.2) is 5.12 Å². The molecule has 0 aromatic heterocycles. The summed E-state index contributed by atoms with van der Waals surface area (Å²) in [5.41, 5.74) is -0.182. The molecule has 0 aromatic carbocycles. The molecular weight excluding hydrogens is 276 g/mol. The van der Waals surface area contributed by atoms with Crippen molar-refractivity contribution in [3.05, 3.63) is 0 Å². The first-order valence-electron chi connectivity index (χ1n) is 9.30. The number of unbranched alkanes of at least 4 members (excludes halogenated alkanes) is 10. The summed E-state index contributed by atoms with van der Waals surface area (Å²) in [5, 5.41) is 0.101. The zero-order chi connectivity index (χ0) is 16.0. The molecule has 0 aliphatic carbocycles. The summed E-state index contributed by atoms with van der Waals surface area (Å²) in [6.45, 7) is 6.62. The van der Waals surface area contributed by atoms with Gasteiger partial charge in [0.2, 0.25) is 0 Å². The van der Waals surface area contributed by atoms with E-state index in [2.05, 4.69) is 33.4 Å². The maximum absolute atomic E-state index is 11.9. The molecule has 0 heterocycles. The molecule has 0 radical (unpaired) electrons. The first-order valence-corrected chi connectivity index (χ1v) is 9.75. The van der Waals surface area contributed by atoms with Gasteiger partial charge in [-0.15, -0.1) is 12.6 Å². The average Bonchev–Trinajstić information content (AvgIpc) is 2.46. The second kappa shape index (κ2) is 13.7. The SMILES string of the molecule is CCCCCCCCC(C)(CCCCCCCC)C(=O)S. The smallest absolute Gasteiger partial charge is 0.191 e. The van der Waals surface area contributed by atoms with Gasteiger partial charge in [0.25, 0.3) is 0 Å². The molecule has 0 amide bonds. The molecule has 0 rings (SSSR count). The van der Waals surface area contributed by atoms with E-state index in [1.165, 1.54) is 77.0 Å². The van der Waals surface area contributed by atoms with Crippen molar-refractivity contribution in [1.29, 1.82) is 0 Å². The first kappa shape index (κ1) is 21.0. The van der Waals surface area contributed by atoms with Gasteiger partial charge in [-0.3, -0.25) is 4.79 Å². The molecule has 126 valence electrons. The maximum Gasteiger partial charge on any atom is 0.191 e. The lowest BCUT2D eigenvalue weighted by Crippen LogP contribution is -2.24. The number of rotatable bonds is 15. The summed E-state index contributed by atoms with van der Waals surface area (Å²) in [4.78, 5) is 11.9. The summed E-state index contributed by atoms with van der Waals surface area (Å²) in [6, 6.07) is 0.